The molecule has 0 aliphatic carbocycles. The van der Waals surface area contributed by atoms with Gasteiger partial charge in [0.15, 0.2) is 5.75 Å². The molecule has 2 aromatic rings. The van der Waals surface area contributed by atoms with E-state index < -0.39 is 21.7 Å². The fraction of sp³-hybridized carbons (Fsp3) is 0.448. The Hall–Kier alpha value is -3.06. The molecule has 0 bridgehead atoms. The Kier molecular flexibility index (Phi) is 11.7. The van der Waals surface area contributed by atoms with Crippen molar-refractivity contribution in [2.75, 3.05) is 42.8 Å². The lowest BCUT2D eigenvalue weighted by Gasteiger charge is -2.32. The first-order valence-electron chi connectivity index (χ1n) is 13.3. The maximum Gasteiger partial charge on any atom is 0.323 e. The van der Waals surface area contributed by atoms with Crippen LogP contribution >= 0.6 is 11.6 Å². The predicted octanol–water partition coefficient (Wildman–Crippen LogP) is 5.27. The molecule has 0 N–H and O–H groups in total. The summed E-state index contributed by atoms with van der Waals surface area (Å²) in [7, 11) is -4.08. The van der Waals surface area contributed by atoms with Gasteiger partial charge in [0.25, 0.3) is 0 Å². The molecule has 210 valence electrons. The molecular weight excluding hydrogens is 538 g/mol. The van der Waals surface area contributed by atoms with Crippen LogP contribution in [-0.2, 0) is 19.6 Å². The third kappa shape index (κ3) is 9.27. The summed E-state index contributed by atoms with van der Waals surface area (Å²) in [6.07, 6.45) is 7.59. The fourth-order valence-corrected chi connectivity index (χ4v) is 5.86. The molecule has 8 nitrogen and oxygen atoms in total. The number of esters is 1. The molecule has 1 saturated heterocycles. The number of ether oxygens (including phenoxy) is 2. The van der Waals surface area contributed by atoms with Crippen LogP contribution in [0.25, 0.3) is 6.08 Å². The van der Waals surface area contributed by atoms with Crippen LogP contribution < -0.4 is 9.04 Å². The van der Waals surface area contributed by atoms with Crippen molar-refractivity contribution in [1.82, 2.24) is 4.90 Å². The van der Waals surface area contributed by atoms with Gasteiger partial charge in [-0.15, -0.1) is 0 Å². The molecule has 10 heteroatoms. The van der Waals surface area contributed by atoms with Crippen molar-refractivity contribution in [3.63, 3.8) is 0 Å². The van der Waals surface area contributed by atoms with Crippen molar-refractivity contribution in [3.8, 4) is 11.8 Å². The first-order chi connectivity index (χ1) is 18.7. The number of unbranched alkanes of at least 4 members (excludes halogenated alkanes) is 1. The topological polar surface area (TPSA) is 99.9 Å². The highest BCUT2D eigenvalue weighted by atomic mass is 35.5. The van der Waals surface area contributed by atoms with Gasteiger partial charge in [-0.1, -0.05) is 49.2 Å². The predicted molar refractivity (Wildman–Crippen MR) is 154 cm³/mol. The number of carbonyl (C=O) groups excluding carboxylic acids is 1. The number of carbonyl (C=O) groups is 1. The average Bonchev–Trinajstić information content (AvgIpc) is 2.91. The molecule has 1 fully saturated rings. The maximum absolute atomic E-state index is 13.2. The summed E-state index contributed by atoms with van der Waals surface area (Å²) in [5.41, 5.74) is 1.55. The minimum Gasteiger partial charge on any atom is -0.489 e. The minimum atomic E-state index is -4.08. The number of likely N-dealkylation sites (tertiary alicyclic amines) is 1. The van der Waals surface area contributed by atoms with Crippen LogP contribution in [0.15, 0.2) is 48.5 Å². The Morgan fingerprint density at radius 1 is 1.21 bits per heavy atom. The standard InChI is InChI=1S/C29H36ClN3O5S/c1-3-5-15-32-17-13-26(14-18-32)38-28-12-11-25(20-27(28)30)33(39(35,36)22-29(34)37-4-2)16-7-10-23-8-6-9-24(19-23)21-31/h6-12,19-20,26H,3-5,13-18,22H2,1-2H3. The van der Waals surface area contributed by atoms with E-state index in [0.717, 1.165) is 42.3 Å². The lowest BCUT2D eigenvalue weighted by Crippen LogP contribution is -2.38. The molecule has 0 unspecified atom stereocenters. The van der Waals surface area contributed by atoms with Gasteiger partial charge in [-0.3, -0.25) is 9.10 Å². The van der Waals surface area contributed by atoms with E-state index in [0.29, 0.717) is 22.0 Å². The van der Waals surface area contributed by atoms with Crippen LogP contribution in [0.1, 0.15) is 50.7 Å². The molecule has 1 heterocycles. The number of anilines is 1. The first-order valence-corrected chi connectivity index (χ1v) is 15.3. The van der Waals surface area contributed by atoms with Crippen LogP contribution in [0.3, 0.4) is 0 Å². The number of benzene rings is 2. The third-order valence-electron chi connectivity index (χ3n) is 6.40. The molecule has 0 atom stereocenters. The van der Waals surface area contributed by atoms with E-state index in [1.807, 2.05) is 6.07 Å². The Bertz CT molecular complexity index is 1280. The van der Waals surface area contributed by atoms with E-state index in [1.165, 1.54) is 12.8 Å². The Balaban J connectivity index is 1.77. The molecule has 0 radical (unpaired) electrons. The lowest BCUT2D eigenvalue weighted by molar-refractivity contribution is -0.139. The number of piperidine rings is 1. The van der Waals surface area contributed by atoms with E-state index in [2.05, 4.69) is 17.9 Å². The number of nitriles is 1. The molecule has 39 heavy (non-hydrogen) atoms. The molecule has 2 aromatic carbocycles. The largest absolute Gasteiger partial charge is 0.489 e. The lowest BCUT2D eigenvalue weighted by atomic mass is 10.1. The average molecular weight is 574 g/mol. The van der Waals surface area contributed by atoms with Crippen LogP contribution in [0.4, 0.5) is 5.69 Å². The summed E-state index contributed by atoms with van der Waals surface area (Å²) in [6.45, 7) is 6.90. The number of hydrogen-bond acceptors (Lipinski definition) is 7. The minimum absolute atomic E-state index is 0.0435. The van der Waals surface area contributed by atoms with Gasteiger partial charge in [0.1, 0.15) is 11.9 Å². The Morgan fingerprint density at radius 2 is 1.97 bits per heavy atom. The van der Waals surface area contributed by atoms with Crippen LogP contribution in [-0.4, -0.2) is 63.9 Å². The first kappa shape index (κ1) is 30.5. The van der Waals surface area contributed by atoms with Crippen LogP contribution in [0, 0.1) is 11.3 Å². The third-order valence-corrected chi connectivity index (χ3v) is 8.33. The summed E-state index contributed by atoms with van der Waals surface area (Å²) in [4.78, 5) is 14.5. The van der Waals surface area contributed by atoms with Crippen LogP contribution in [0.5, 0.6) is 5.75 Å². The van der Waals surface area contributed by atoms with Crippen molar-refractivity contribution in [1.29, 1.82) is 5.26 Å². The summed E-state index contributed by atoms with van der Waals surface area (Å²) in [5.74, 6) is -1.13. The number of rotatable bonds is 13. The highest BCUT2D eigenvalue weighted by Crippen LogP contribution is 2.32. The van der Waals surface area contributed by atoms with Gasteiger partial charge in [0.05, 0.1) is 35.5 Å². The van der Waals surface area contributed by atoms with E-state index in [-0.39, 0.29) is 19.3 Å². The molecule has 0 spiro atoms. The highest BCUT2D eigenvalue weighted by molar-refractivity contribution is 7.93. The molecular formula is C29H36ClN3O5S. The summed E-state index contributed by atoms with van der Waals surface area (Å²) in [5, 5.41) is 9.42. The zero-order valence-electron chi connectivity index (χ0n) is 22.5. The molecule has 3 rings (SSSR count). The Morgan fingerprint density at radius 3 is 2.64 bits per heavy atom. The summed E-state index contributed by atoms with van der Waals surface area (Å²) in [6, 6.07) is 13.9. The van der Waals surface area contributed by atoms with Crippen molar-refractivity contribution in [3.05, 3.63) is 64.7 Å². The monoisotopic (exact) mass is 573 g/mol. The van der Waals surface area contributed by atoms with Gasteiger partial charge in [0.2, 0.25) is 10.0 Å². The number of hydrogen-bond donors (Lipinski definition) is 0. The maximum atomic E-state index is 13.2. The van der Waals surface area contributed by atoms with E-state index >= 15 is 0 Å². The second-order valence-electron chi connectivity index (χ2n) is 9.36. The van der Waals surface area contributed by atoms with Gasteiger partial charge in [-0.25, -0.2) is 8.42 Å². The van der Waals surface area contributed by atoms with Crippen molar-refractivity contribution in [2.24, 2.45) is 0 Å². The normalized spacial score (nSPS) is 14.7. The SMILES string of the molecule is CCCCN1CCC(Oc2ccc(N(CC=Cc3cccc(C#N)c3)S(=O)(=O)CC(=O)OCC)cc2Cl)CC1. The van der Waals surface area contributed by atoms with E-state index in [4.69, 9.17) is 26.3 Å². The Labute approximate surface area is 236 Å². The quantitative estimate of drug-likeness (QED) is 0.301. The molecule has 0 saturated carbocycles. The van der Waals surface area contributed by atoms with Crippen LogP contribution in [0.2, 0.25) is 5.02 Å². The van der Waals surface area contributed by atoms with Gasteiger partial charge in [0, 0.05) is 13.1 Å². The van der Waals surface area contributed by atoms with Gasteiger partial charge < -0.3 is 14.4 Å². The molecule has 0 amide bonds. The zero-order chi connectivity index (χ0) is 28.3. The molecule has 1 aliphatic rings. The number of nitrogens with zero attached hydrogens (tertiary/aromatic N) is 3. The molecule has 0 aromatic heterocycles. The number of halogens is 1. The van der Waals surface area contributed by atoms with Gasteiger partial charge in [-0.2, -0.15) is 5.26 Å². The van der Waals surface area contributed by atoms with E-state index in [9.17, 15) is 13.2 Å². The number of sulfonamides is 1. The molecule has 1 aliphatic heterocycles. The van der Waals surface area contributed by atoms with Gasteiger partial charge >= 0.3 is 5.97 Å². The smallest absolute Gasteiger partial charge is 0.323 e. The van der Waals surface area contributed by atoms with Crippen molar-refractivity contribution in [2.45, 2.75) is 45.6 Å². The fourth-order valence-electron chi connectivity index (χ4n) is 4.36. The zero-order valence-corrected chi connectivity index (χ0v) is 24.1. The van der Waals surface area contributed by atoms with E-state index in [1.54, 1.807) is 55.5 Å². The summed E-state index contributed by atoms with van der Waals surface area (Å²) >= 11 is 6.56. The summed E-state index contributed by atoms with van der Waals surface area (Å²) < 4.78 is 38.7. The van der Waals surface area contributed by atoms with Crippen molar-refractivity contribution < 1.29 is 22.7 Å². The second kappa shape index (κ2) is 14.9. The highest BCUT2D eigenvalue weighted by Gasteiger charge is 2.27. The van der Waals surface area contributed by atoms with Gasteiger partial charge in [-0.05, 0) is 68.6 Å². The van der Waals surface area contributed by atoms with Crippen molar-refractivity contribution >= 4 is 39.4 Å². The second-order valence-corrected chi connectivity index (χ2v) is 11.7.